The topological polar surface area (TPSA) is 40.5 Å². The third kappa shape index (κ3) is 2.87. The first-order valence-electron chi connectivity index (χ1n) is 7.51. The van der Waals surface area contributed by atoms with Gasteiger partial charge < -0.3 is 5.11 Å². The first-order chi connectivity index (χ1) is 8.52. The molecule has 1 heterocycles. The fourth-order valence-electron chi connectivity index (χ4n) is 3.87. The van der Waals surface area contributed by atoms with Gasteiger partial charge in [-0.2, -0.15) is 0 Å². The van der Waals surface area contributed by atoms with Gasteiger partial charge in [-0.1, -0.05) is 39.5 Å². The van der Waals surface area contributed by atoms with Gasteiger partial charge in [0.15, 0.2) is 0 Å². The number of nitrogens with zero attached hydrogens (tertiary/aromatic N) is 1. The Kier molecular flexibility index (Phi) is 4.31. The molecule has 2 fully saturated rings. The second-order valence-electron chi connectivity index (χ2n) is 6.69. The second-order valence-corrected chi connectivity index (χ2v) is 6.69. The Balaban J connectivity index is 2.16. The van der Waals surface area contributed by atoms with Crippen LogP contribution in [0.3, 0.4) is 0 Å². The van der Waals surface area contributed by atoms with Gasteiger partial charge in [-0.15, -0.1) is 0 Å². The smallest absolute Gasteiger partial charge is 0.320 e. The highest BCUT2D eigenvalue weighted by Crippen LogP contribution is 2.42. The van der Waals surface area contributed by atoms with Gasteiger partial charge in [-0.25, -0.2) is 0 Å². The molecule has 1 saturated carbocycles. The Hall–Kier alpha value is -0.570. The largest absolute Gasteiger partial charge is 0.480 e. The number of carboxylic acid groups (broad SMARTS) is 1. The zero-order chi connectivity index (χ0) is 13.2. The van der Waals surface area contributed by atoms with Gasteiger partial charge in [-0.05, 0) is 37.6 Å². The van der Waals surface area contributed by atoms with Crippen molar-refractivity contribution in [3.8, 4) is 0 Å². The van der Waals surface area contributed by atoms with Gasteiger partial charge in [0.25, 0.3) is 0 Å². The quantitative estimate of drug-likeness (QED) is 0.821. The molecule has 0 aromatic heterocycles. The van der Waals surface area contributed by atoms with E-state index in [1.54, 1.807) is 0 Å². The lowest BCUT2D eigenvalue weighted by Crippen LogP contribution is -2.51. The van der Waals surface area contributed by atoms with Crippen LogP contribution >= 0.6 is 0 Å². The average Bonchev–Trinajstić information content (AvgIpc) is 2.57. The molecule has 0 bridgehead atoms. The molecule has 0 aromatic rings. The predicted molar refractivity (Wildman–Crippen MR) is 72.6 cm³/mol. The third-order valence-corrected chi connectivity index (χ3v) is 4.93. The van der Waals surface area contributed by atoms with E-state index in [-0.39, 0.29) is 11.5 Å². The number of hydrogen-bond donors (Lipinski definition) is 1. The molecule has 1 aliphatic carbocycles. The highest BCUT2D eigenvalue weighted by atomic mass is 16.4. The lowest BCUT2D eigenvalue weighted by molar-refractivity contribution is -0.146. The first kappa shape index (κ1) is 13.9. The molecule has 1 N–H and O–H groups in total. The lowest BCUT2D eigenvalue weighted by atomic mass is 9.84. The van der Waals surface area contributed by atoms with E-state index in [9.17, 15) is 9.90 Å². The van der Waals surface area contributed by atoms with Gasteiger partial charge in [0.2, 0.25) is 0 Å². The van der Waals surface area contributed by atoms with Crippen molar-refractivity contribution in [1.29, 1.82) is 0 Å². The summed E-state index contributed by atoms with van der Waals surface area (Å²) in [4.78, 5) is 13.9. The van der Waals surface area contributed by atoms with Crippen LogP contribution in [0.15, 0.2) is 0 Å². The normalized spacial score (nSPS) is 33.9. The fraction of sp³-hybridized carbons (Fsp3) is 0.933. The molecule has 0 aromatic carbocycles. The second kappa shape index (κ2) is 5.60. The van der Waals surface area contributed by atoms with E-state index in [4.69, 9.17) is 0 Å². The molecule has 2 rings (SSSR count). The van der Waals surface area contributed by atoms with E-state index >= 15 is 0 Å². The van der Waals surface area contributed by atoms with Crippen LogP contribution in [-0.2, 0) is 4.79 Å². The number of carboxylic acids is 1. The van der Waals surface area contributed by atoms with Gasteiger partial charge >= 0.3 is 5.97 Å². The van der Waals surface area contributed by atoms with Gasteiger partial charge in [-0.3, -0.25) is 9.69 Å². The number of carbonyl (C=O) groups is 1. The van der Waals surface area contributed by atoms with Gasteiger partial charge in [0.05, 0.1) is 0 Å². The maximum atomic E-state index is 11.6. The van der Waals surface area contributed by atoms with Crippen molar-refractivity contribution in [1.82, 2.24) is 4.90 Å². The zero-order valence-electron chi connectivity index (χ0n) is 11.8. The van der Waals surface area contributed by atoms with Crippen molar-refractivity contribution in [2.75, 3.05) is 6.54 Å². The lowest BCUT2D eigenvalue weighted by Gasteiger charge is -2.41. The number of aliphatic carboxylic acids is 1. The molecule has 2 aliphatic rings. The third-order valence-electron chi connectivity index (χ3n) is 4.93. The van der Waals surface area contributed by atoms with E-state index in [1.807, 2.05) is 0 Å². The van der Waals surface area contributed by atoms with E-state index < -0.39 is 5.97 Å². The Bertz CT molecular complexity index is 301. The summed E-state index contributed by atoms with van der Waals surface area (Å²) in [6, 6.07) is 0.226. The molecule has 18 heavy (non-hydrogen) atoms. The average molecular weight is 253 g/mol. The molecular weight excluding hydrogens is 226 g/mol. The molecule has 0 amide bonds. The van der Waals surface area contributed by atoms with Crippen LogP contribution in [-0.4, -0.2) is 34.6 Å². The minimum atomic E-state index is -0.611. The first-order valence-corrected chi connectivity index (χ1v) is 7.51. The standard InChI is InChI=1S/C15H27NO2/c1-15(2)10-7-9-13(15)16-11-6-4-3-5-8-12(16)14(17)18/h12-13H,3-11H2,1-2H3,(H,17,18). The molecule has 3 heteroatoms. The molecule has 1 saturated heterocycles. The highest BCUT2D eigenvalue weighted by Gasteiger charge is 2.42. The Morgan fingerprint density at radius 1 is 1.11 bits per heavy atom. The van der Waals surface area contributed by atoms with Crippen LogP contribution in [0.25, 0.3) is 0 Å². The maximum Gasteiger partial charge on any atom is 0.320 e. The van der Waals surface area contributed by atoms with E-state index in [1.165, 1.54) is 32.1 Å². The van der Waals surface area contributed by atoms with E-state index in [0.717, 1.165) is 25.8 Å². The van der Waals surface area contributed by atoms with Crippen molar-refractivity contribution in [2.45, 2.75) is 77.3 Å². The number of rotatable bonds is 2. The van der Waals surface area contributed by atoms with Crippen LogP contribution in [0.4, 0.5) is 0 Å². The van der Waals surface area contributed by atoms with E-state index in [2.05, 4.69) is 18.7 Å². The molecule has 0 spiro atoms. The van der Waals surface area contributed by atoms with Crippen LogP contribution in [0.1, 0.15) is 65.2 Å². The summed E-state index contributed by atoms with van der Waals surface area (Å²) in [6.45, 7) is 5.59. The summed E-state index contributed by atoms with van der Waals surface area (Å²) in [6.07, 6.45) is 9.19. The minimum absolute atomic E-state index is 0.243. The molecule has 2 atom stereocenters. The minimum Gasteiger partial charge on any atom is -0.480 e. The Morgan fingerprint density at radius 3 is 2.44 bits per heavy atom. The number of likely N-dealkylation sites (tertiary alicyclic amines) is 1. The SMILES string of the molecule is CC1(C)CCCC1N1CCCCCCC1C(=O)O. The summed E-state index contributed by atoms with van der Waals surface area (Å²) in [5, 5.41) is 9.51. The summed E-state index contributed by atoms with van der Waals surface area (Å²) in [5.74, 6) is -0.611. The van der Waals surface area contributed by atoms with Gasteiger partial charge in [0, 0.05) is 6.04 Å². The Morgan fingerprint density at radius 2 is 1.83 bits per heavy atom. The van der Waals surface area contributed by atoms with Crippen molar-refractivity contribution in [3.63, 3.8) is 0 Å². The molecular formula is C15H27NO2. The summed E-state index contributed by atoms with van der Waals surface area (Å²) in [7, 11) is 0. The monoisotopic (exact) mass is 253 g/mol. The van der Waals surface area contributed by atoms with Crippen molar-refractivity contribution >= 4 is 5.97 Å². The van der Waals surface area contributed by atoms with Gasteiger partial charge in [0.1, 0.15) is 6.04 Å². The van der Waals surface area contributed by atoms with Crippen LogP contribution in [0, 0.1) is 5.41 Å². The molecule has 2 unspecified atom stereocenters. The zero-order valence-corrected chi connectivity index (χ0v) is 11.8. The molecule has 104 valence electrons. The van der Waals surface area contributed by atoms with Crippen LogP contribution in [0.2, 0.25) is 0 Å². The molecule has 1 aliphatic heterocycles. The Labute approximate surface area is 111 Å². The van der Waals surface area contributed by atoms with E-state index in [0.29, 0.717) is 6.04 Å². The van der Waals surface area contributed by atoms with Crippen molar-refractivity contribution in [3.05, 3.63) is 0 Å². The highest BCUT2D eigenvalue weighted by molar-refractivity contribution is 5.73. The van der Waals surface area contributed by atoms with Crippen molar-refractivity contribution in [2.24, 2.45) is 5.41 Å². The predicted octanol–water partition coefficient (Wildman–Crippen LogP) is 3.28. The van der Waals surface area contributed by atoms with Crippen molar-refractivity contribution < 1.29 is 9.90 Å². The number of hydrogen-bond acceptors (Lipinski definition) is 2. The molecule has 0 radical (unpaired) electrons. The van der Waals surface area contributed by atoms with Crippen LogP contribution in [0.5, 0.6) is 0 Å². The summed E-state index contributed by atoms with van der Waals surface area (Å²) in [5.41, 5.74) is 0.285. The maximum absolute atomic E-state index is 11.6. The fourth-order valence-corrected chi connectivity index (χ4v) is 3.87. The van der Waals surface area contributed by atoms with Crippen LogP contribution < -0.4 is 0 Å². The summed E-state index contributed by atoms with van der Waals surface area (Å²) < 4.78 is 0. The summed E-state index contributed by atoms with van der Waals surface area (Å²) >= 11 is 0. The molecule has 3 nitrogen and oxygen atoms in total.